The summed E-state index contributed by atoms with van der Waals surface area (Å²) >= 11 is 15.6. The Balaban J connectivity index is 1.69. The largest absolute Gasteiger partial charge is 0.380 e. The van der Waals surface area contributed by atoms with Gasteiger partial charge in [-0.15, -0.1) is 0 Å². The molecular weight excluding hydrogens is 489 g/mol. The van der Waals surface area contributed by atoms with E-state index < -0.39 is 5.60 Å². The first-order chi connectivity index (χ1) is 14.3. The Morgan fingerprint density at radius 1 is 0.833 bits per heavy atom. The molecule has 30 heavy (non-hydrogen) atoms. The maximum absolute atomic E-state index is 12.7. The first kappa shape index (κ1) is 21.1. The first-order valence-corrected chi connectivity index (χ1v) is 10.8. The molecule has 1 N–H and O–H groups in total. The van der Waals surface area contributed by atoms with Crippen LogP contribution in [0.2, 0.25) is 10.0 Å². The topological polar surface area (TPSA) is 57.6 Å². The zero-order valence-electron chi connectivity index (χ0n) is 15.6. The van der Waals surface area contributed by atoms with Crippen molar-refractivity contribution in [3.8, 4) is 0 Å². The summed E-state index contributed by atoms with van der Waals surface area (Å²) in [6, 6.07) is 18.8. The molecule has 2 amide bonds. The van der Waals surface area contributed by atoms with Gasteiger partial charge in [0.25, 0.3) is 11.8 Å². The van der Waals surface area contributed by atoms with Crippen LogP contribution in [0.15, 0.2) is 71.2 Å². The summed E-state index contributed by atoms with van der Waals surface area (Å²) in [6.07, 6.45) is 0.0953. The van der Waals surface area contributed by atoms with Crippen molar-refractivity contribution in [1.82, 2.24) is 4.90 Å². The van der Waals surface area contributed by atoms with E-state index in [4.69, 9.17) is 23.2 Å². The fraction of sp³-hybridized carbons (Fsp3) is 0.130. The van der Waals surface area contributed by atoms with Gasteiger partial charge in [0, 0.05) is 17.4 Å². The fourth-order valence-corrected chi connectivity index (χ4v) is 4.21. The molecule has 3 aromatic rings. The molecule has 3 aromatic carbocycles. The molecule has 1 unspecified atom stereocenters. The number of nitrogens with zero attached hydrogens (tertiary/aromatic N) is 1. The minimum Gasteiger partial charge on any atom is -0.380 e. The molecule has 0 saturated carbocycles. The maximum Gasteiger partial charge on any atom is 0.261 e. The van der Waals surface area contributed by atoms with Crippen molar-refractivity contribution < 1.29 is 14.7 Å². The van der Waals surface area contributed by atoms with Crippen LogP contribution in [0.3, 0.4) is 0 Å². The van der Waals surface area contributed by atoms with Crippen LogP contribution in [0.1, 0.15) is 38.3 Å². The molecule has 4 nitrogen and oxygen atoms in total. The van der Waals surface area contributed by atoms with Crippen LogP contribution in [0, 0.1) is 0 Å². The number of rotatable bonds is 5. The van der Waals surface area contributed by atoms with Crippen molar-refractivity contribution in [2.24, 2.45) is 0 Å². The Morgan fingerprint density at radius 3 is 1.97 bits per heavy atom. The number of halogens is 3. The lowest BCUT2D eigenvalue weighted by molar-refractivity contribution is 0.0473. The quantitative estimate of drug-likeness (QED) is 0.455. The van der Waals surface area contributed by atoms with Gasteiger partial charge in [0.15, 0.2) is 0 Å². The van der Waals surface area contributed by atoms with Gasteiger partial charge < -0.3 is 5.11 Å². The molecule has 0 aliphatic carbocycles. The van der Waals surface area contributed by atoms with Crippen molar-refractivity contribution in [2.45, 2.75) is 12.0 Å². The molecular formula is C23H16BrCl2NO3. The van der Waals surface area contributed by atoms with E-state index in [1.807, 2.05) is 12.1 Å². The third-order valence-electron chi connectivity index (χ3n) is 5.29. The van der Waals surface area contributed by atoms with E-state index in [1.54, 1.807) is 54.6 Å². The predicted molar refractivity (Wildman–Crippen MR) is 120 cm³/mol. The number of fused-ring (bicyclic) bond motifs is 1. The van der Waals surface area contributed by atoms with Gasteiger partial charge in [0.2, 0.25) is 0 Å². The Hall–Kier alpha value is -2.18. The Labute approximate surface area is 192 Å². The lowest BCUT2D eigenvalue weighted by Crippen LogP contribution is -2.37. The van der Waals surface area contributed by atoms with E-state index in [2.05, 4.69) is 15.9 Å². The van der Waals surface area contributed by atoms with Gasteiger partial charge >= 0.3 is 0 Å². The van der Waals surface area contributed by atoms with Gasteiger partial charge in [-0.2, -0.15) is 0 Å². The second-order valence-electron chi connectivity index (χ2n) is 7.05. The number of hydrogen-bond donors (Lipinski definition) is 1. The average Bonchev–Trinajstić information content (AvgIpc) is 2.99. The van der Waals surface area contributed by atoms with E-state index >= 15 is 0 Å². The molecule has 0 radical (unpaired) electrons. The molecule has 1 heterocycles. The van der Waals surface area contributed by atoms with E-state index in [9.17, 15) is 14.7 Å². The summed E-state index contributed by atoms with van der Waals surface area (Å²) in [5.74, 6) is -0.717. The number of carbonyl (C=O) groups excluding carboxylic acids is 2. The summed E-state index contributed by atoms with van der Waals surface area (Å²) in [5.41, 5.74) is 0.412. The van der Waals surface area contributed by atoms with E-state index in [0.29, 0.717) is 32.3 Å². The minimum atomic E-state index is -1.48. The van der Waals surface area contributed by atoms with Gasteiger partial charge in [0.1, 0.15) is 5.60 Å². The number of aliphatic hydroxyl groups is 1. The molecule has 0 spiro atoms. The monoisotopic (exact) mass is 503 g/mol. The minimum absolute atomic E-state index is 0.0408. The summed E-state index contributed by atoms with van der Waals surface area (Å²) in [7, 11) is 0. The number of benzene rings is 3. The van der Waals surface area contributed by atoms with Crippen LogP contribution >= 0.6 is 39.1 Å². The zero-order chi connectivity index (χ0) is 21.5. The third kappa shape index (κ3) is 3.67. The highest BCUT2D eigenvalue weighted by atomic mass is 79.9. The number of amides is 2. The van der Waals surface area contributed by atoms with Crippen LogP contribution < -0.4 is 0 Å². The SMILES string of the molecule is O=C1c2ccccc2C(=O)N1CCC(O)(c1ccc(Br)cc1)c1ccc(Cl)c(Cl)c1. The summed E-state index contributed by atoms with van der Waals surface area (Å²) in [4.78, 5) is 26.6. The van der Waals surface area contributed by atoms with Crippen molar-refractivity contribution >= 4 is 50.9 Å². The fourth-order valence-electron chi connectivity index (χ4n) is 3.65. The van der Waals surface area contributed by atoms with Crippen LogP contribution in [0.25, 0.3) is 0 Å². The highest BCUT2D eigenvalue weighted by Gasteiger charge is 2.38. The molecule has 0 fully saturated rings. The lowest BCUT2D eigenvalue weighted by atomic mass is 9.83. The van der Waals surface area contributed by atoms with Crippen LogP contribution in [0.4, 0.5) is 0 Å². The van der Waals surface area contributed by atoms with Crippen molar-refractivity contribution in [3.63, 3.8) is 0 Å². The first-order valence-electron chi connectivity index (χ1n) is 9.20. The molecule has 1 aliphatic heterocycles. The van der Waals surface area contributed by atoms with Gasteiger partial charge in [-0.1, -0.05) is 69.5 Å². The van der Waals surface area contributed by atoms with Crippen LogP contribution in [-0.2, 0) is 5.60 Å². The Bertz CT molecular complexity index is 1110. The molecule has 1 aliphatic rings. The molecule has 4 rings (SSSR count). The zero-order valence-corrected chi connectivity index (χ0v) is 18.7. The number of carbonyl (C=O) groups is 2. The molecule has 0 aromatic heterocycles. The van der Waals surface area contributed by atoms with Gasteiger partial charge in [-0.05, 0) is 47.5 Å². The van der Waals surface area contributed by atoms with E-state index in [0.717, 1.165) is 4.47 Å². The molecule has 0 saturated heterocycles. The predicted octanol–water partition coefficient (Wildman–Crippen LogP) is 5.68. The lowest BCUT2D eigenvalue weighted by Gasteiger charge is -2.31. The average molecular weight is 505 g/mol. The maximum atomic E-state index is 12.7. The van der Waals surface area contributed by atoms with Gasteiger partial charge in [-0.25, -0.2) is 0 Å². The van der Waals surface area contributed by atoms with E-state index in [1.165, 1.54) is 4.90 Å². The van der Waals surface area contributed by atoms with Crippen molar-refractivity contribution in [1.29, 1.82) is 0 Å². The molecule has 7 heteroatoms. The standard InChI is InChI=1S/C23H16BrCl2NO3/c24-16-8-5-14(6-9-16)23(30,15-7-10-19(25)20(26)13-15)11-12-27-21(28)17-3-1-2-4-18(17)22(27)29/h1-10,13,30H,11-12H2. The molecule has 152 valence electrons. The Kier molecular flexibility index (Phi) is 5.73. The normalized spacial score (nSPS) is 15.3. The third-order valence-corrected chi connectivity index (χ3v) is 6.56. The van der Waals surface area contributed by atoms with Crippen LogP contribution in [0.5, 0.6) is 0 Å². The van der Waals surface area contributed by atoms with Gasteiger partial charge in [0.05, 0.1) is 21.2 Å². The highest BCUT2D eigenvalue weighted by Crippen LogP contribution is 2.37. The smallest absolute Gasteiger partial charge is 0.261 e. The molecule has 0 bridgehead atoms. The Morgan fingerprint density at radius 2 is 1.40 bits per heavy atom. The summed E-state index contributed by atoms with van der Waals surface area (Å²) in [6.45, 7) is 0.0408. The van der Waals surface area contributed by atoms with Crippen LogP contribution in [-0.4, -0.2) is 28.4 Å². The van der Waals surface area contributed by atoms with Gasteiger partial charge in [-0.3, -0.25) is 14.5 Å². The van der Waals surface area contributed by atoms with Crippen molar-refractivity contribution in [2.75, 3.05) is 6.54 Å². The highest BCUT2D eigenvalue weighted by molar-refractivity contribution is 9.10. The van der Waals surface area contributed by atoms with E-state index in [-0.39, 0.29) is 24.8 Å². The second kappa shape index (κ2) is 8.16. The van der Waals surface area contributed by atoms with Crippen molar-refractivity contribution in [3.05, 3.63) is 104 Å². The number of imide groups is 1. The summed E-state index contributed by atoms with van der Waals surface area (Å²) < 4.78 is 0.864. The second-order valence-corrected chi connectivity index (χ2v) is 8.78. The summed E-state index contributed by atoms with van der Waals surface area (Å²) in [5, 5.41) is 12.4. The number of hydrogen-bond acceptors (Lipinski definition) is 3. The molecule has 1 atom stereocenters.